The van der Waals surface area contributed by atoms with E-state index in [-0.39, 0.29) is 6.04 Å². The van der Waals surface area contributed by atoms with Gasteiger partial charge in [-0.15, -0.1) is 16.6 Å². The molecule has 6 nitrogen and oxygen atoms in total. The van der Waals surface area contributed by atoms with Crippen LogP contribution >= 0.6 is 11.5 Å². The molecule has 0 amide bonds. The van der Waals surface area contributed by atoms with Crippen LogP contribution in [-0.4, -0.2) is 30.7 Å². The lowest BCUT2D eigenvalue weighted by Crippen LogP contribution is -2.32. The van der Waals surface area contributed by atoms with Crippen molar-refractivity contribution in [2.45, 2.75) is 19.5 Å². The highest BCUT2D eigenvalue weighted by atomic mass is 32.1. The maximum atomic E-state index is 5.26. The lowest BCUT2D eigenvalue weighted by atomic mass is 10.2. The van der Waals surface area contributed by atoms with Gasteiger partial charge in [0.15, 0.2) is 10.8 Å². The number of nitrogens with one attached hydrogen (secondary N) is 1. The summed E-state index contributed by atoms with van der Waals surface area (Å²) in [4.78, 5) is 4.23. The molecule has 2 aromatic heterocycles. The van der Waals surface area contributed by atoms with Crippen LogP contribution in [0.5, 0.6) is 0 Å². The van der Waals surface area contributed by atoms with Gasteiger partial charge in [-0.05, 0) is 24.4 Å². The van der Waals surface area contributed by atoms with Crippen LogP contribution in [-0.2, 0) is 6.54 Å². The third-order valence-corrected chi connectivity index (χ3v) is 3.41. The number of nitrogens with zero attached hydrogens (tertiary/aromatic N) is 5. The third-order valence-electron chi connectivity index (χ3n) is 2.70. The van der Waals surface area contributed by atoms with E-state index in [1.54, 1.807) is 0 Å². The van der Waals surface area contributed by atoms with Gasteiger partial charge in [0.25, 0.3) is 0 Å². The van der Waals surface area contributed by atoms with E-state index in [9.17, 15) is 0 Å². The van der Waals surface area contributed by atoms with Crippen LogP contribution in [0.1, 0.15) is 24.6 Å². The molecule has 1 aliphatic rings. The van der Waals surface area contributed by atoms with E-state index in [1.165, 1.54) is 11.5 Å². The molecule has 1 aliphatic heterocycles. The number of hydrogen-bond acceptors (Lipinski definition) is 6. The number of hydrogen-bond donors (Lipinski definition) is 1. The number of rotatable bonds is 1. The van der Waals surface area contributed by atoms with E-state index in [0.717, 1.165) is 29.7 Å². The molecule has 0 radical (unpaired) electrons. The van der Waals surface area contributed by atoms with E-state index in [0.29, 0.717) is 5.82 Å². The molecule has 17 heavy (non-hydrogen) atoms. The molecule has 1 N–H and O–H groups in total. The van der Waals surface area contributed by atoms with Crippen LogP contribution in [0.15, 0.2) is 0 Å². The van der Waals surface area contributed by atoms with Crippen LogP contribution < -0.4 is 5.32 Å². The van der Waals surface area contributed by atoms with E-state index in [2.05, 4.69) is 42.3 Å². The fraction of sp³-hybridized carbons (Fsp3) is 0.400. The van der Waals surface area contributed by atoms with Crippen molar-refractivity contribution in [3.05, 3.63) is 11.6 Å². The van der Waals surface area contributed by atoms with Crippen molar-refractivity contribution in [2.75, 3.05) is 6.54 Å². The van der Waals surface area contributed by atoms with Crippen molar-refractivity contribution in [3.63, 3.8) is 0 Å². The molecule has 2 aromatic rings. The molecule has 0 saturated carbocycles. The summed E-state index contributed by atoms with van der Waals surface area (Å²) in [7, 11) is 0. The van der Waals surface area contributed by atoms with Crippen molar-refractivity contribution < 1.29 is 0 Å². The lowest BCUT2D eigenvalue weighted by molar-refractivity contribution is 0.439. The number of terminal acetylenes is 1. The molecule has 0 aromatic carbocycles. The zero-order chi connectivity index (χ0) is 11.8. The Labute approximate surface area is 102 Å². The molecule has 3 rings (SSSR count). The first-order valence-corrected chi connectivity index (χ1v) is 6.04. The highest BCUT2D eigenvalue weighted by Crippen LogP contribution is 2.24. The van der Waals surface area contributed by atoms with Crippen molar-refractivity contribution >= 4 is 11.5 Å². The van der Waals surface area contributed by atoms with E-state index < -0.39 is 0 Å². The fourth-order valence-electron chi connectivity index (χ4n) is 1.87. The molecule has 3 heterocycles. The van der Waals surface area contributed by atoms with Crippen molar-refractivity contribution in [2.24, 2.45) is 0 Å². The molecule has 0 aliphatic carbocycles. The molecule has 0 saturated heterocycles. The second-order valence-corrected chi connectivity index (χ2v) is 4.53. The molecule has 0 fully saturated rings. The Morgan fingerprint density at radius 3 is 3.18 bits per heavy atom. The molecule has 0 bridgehead atoms. The van der Waals surface area contributed by atoms with Gasteiger partial charge in [-0.25, -0.2) is 4.98 Å². The maximum absolute atomic E-state index is 5.26. The molecule has 0 unspecified atom stereocenters. The Morgan fingerprint density at radius 1 is 1.53 bits per heavy atom. The Balaban J connectivity index is 2.07. The average molecular weight is 246 g/mol. The highest BCUT2D eigenvalue weighted by Gasteiger charge is 2.23. The van der Waals surface area contributed by atoms with Crippen LogP contribution in [0.3, 0.4) is 0 Å². The average Bonchev–Trinajstić information content (AvgIpc) is 2.94. The summed E-state index contributed by atoms with van der Waals surface area (Å²) in [5.74, 6) is 4.51. The topological polar surface area (TPSA) is 68.5 Å². The minimum atomic E-state index is 0.213. The summed E-state index contributed by atoms with van der Waals surface area (Å²) < 4.78 is 6.13. The van der Waals surface area contributed by atoms with Gasteiger partial charge in [0.1, 0.15) is 5.82 Å². The monoisotopic (exact) mass is 246 g/mol. The Hall–Kier alpha value is -1.78. The molecular formula is C10H10N6S. The van der Waals surface area contributed by atoms with Gasteiger partial charge in [-0.3, -0.25) is 0 Å². The minimum Gasteiger partial charge on any atom is -0.306 e. The van der Waals surface area contributed by atoms with Crippen molar-refractivity contribution in [3.8, 4) is 23.2 Å². The first-order chi connectivity index (χ1) is 8.29. The summed E-state index contributed by atoms with van der Waals surface area (Å²) in [6.45, 7) is 3.81. The van der Waals surface area contributed by atoms with Crippen molar-refractivity contribution in [1.29, 1.82) is 0 Å². The molecular weight excluding hydrogens is 236 g/mol. The van der Waals surface area contributed by atoms with Crippen LogP contribution in [0.2, 0.25) is 0 Å². The molecule has 7 heteroatoms. The van der Waals surface area contributed by atoms with Crippen molar-refractivity contribution in [1.82, 2.24) is 29.4 Å². The minimum absolute atomic E-state index is 0.213. The first-order valence-electron chi connectivity index (χ1n) is 5.27. The van der Waals surface area contributed by atoms with Gasteiger partial charge >= 0.3 is 0 Å². The second-order valence-electron chi connectivity index (χ2n) is 3.78. The zero-order valence-electron chi connectivity index (χ0n) is 9.21. The van der Waals surface area contributed by atoms with Crippen LogP contribution in [0.25, 0.3) is 10.8 Å². The van der Waals surface area contributed by atoms with Gasteiger partial charge in [-0.2, -0.15) is 4.37 Å². The maximum Gasteiger partial charge on any atom is 0.217 e. The molecule has 1 atom stereocenters. The highest BCUT2D eigenvalue weighted by molar-refractivity contribution is 7.09. The Morgan fingerprint density at radius 2 is 2.41 bits per heavy atom. The largest absolute Gasteiger partial charge is 0.306 e. The third kappa shape index (κ3) is 1.62. The zero-order valence-corrected chi connectivity index (χ0v) is 10.0. The van der Waals surface area contributed by atoms with E-state index >= 15 is 0 Å². The van der Waals surface area contributed by atoms with Gasteiger partial charge in [-0.1, -0.05) is 0 Å². The molecule has 86 valence electrons. The summed E-state index contributed by atoms with van der Waals surface area (Å²) >= 11 is 1.26. The lowest BCUT2D eigenvalue weighted by Gasteiger charge is -2.21. The van der Waals surface area contributed by atoms with Crippen LogP contribution in [0, 0.1) is 12.3 Å². The van der Waals surface area contributed by atoms with Gasteiger partial charge in [0, 0.05) is 13.1 Å². The Kier molecular flexibility index (Phi) is 2.39. The summed E-state index contributed by atoms with van der Waals surface area (Å²) in [5, 5.41) is 12.4. The Bertz CT molecular complexity index is 592. The normalized spacial score (nSPS) is 18.7. The summed E-state index contributed by atoms with van der Waals surface area (Å²) in [5.41, 5.74) is 0. The SMILES string of the molecule is C#Cc1nsc(-c2nnc3n2CCN[C@@H]3C)n1. The van der Waals surface area contributed by atoms with E-state index in [1.807, 2.05) is 0 Å². The van der Waals surface area contributed by atoms with E-state index in [4.69, 9.17) is 6.42 Å². The predicted molar refractivity (Wildman–Crippen MR) is 63.3 cm³/mol. The quantitative estimate of drug-likeness (QED) is 0.740. The second kappa shape index (κ2) is 3.91. The van der Waals surface area contributed by atoms with Gasteiger partial charge in [0.05, 0.1) is 6.04 Å². The smallest absolute Gasteiger partial charge is 0.217 e. The fourth-order valence-corrected chi connectivity index (χ4v) is 2.50. The van der Waals surface area contributed by atoms with Crippen LogP contribution in [0.4, 0.5) is 0 Å². The summed E-state index contributed by atoms with van der Waals surface area (Å²) in [6, 6.07) is 0.213. The molecule has 0 spiro atoms. The predicted octanol–water partition coefficient (Wildman–Crippen LogP) is 0.442. The standard InChI is InChI=1S/C10H10N6S/c1-3-7-12-10(17-15-7)9-14-13-8-6(2)11-4-5-16(8)9/h1,6,11H,4-5H2,2H3/t6-/m1/s1. The number of fused-ring (bicyclic) bond motifs is 1. The first kappa shape index (κ1) is 10.4. The van der Waals surface area contributed by atoms with Gasteiger partial charge in [0.2, 0.25) is 5.82 Å². The van der Waals surface area contributed by atoms with Gasteiger partial charge < -0.3 is 9.88 Å². The summed E-state index contributed by atoms with van der Waals surface area (Å²) in [6.07, 6.45) is 5.26. The number of aromatic nitrogens is 5.